The van der Waals surface area contributed by atoms with E-state index in [1.165, 1.54) is 26.0 Å². The van der Waals surface area contributed by atoms with Crippen molar-refractivity contribution in [2.75, 3.05) is 6.61 Å². The number of benzene rings is 1. The second-order valence-electron chi connectivity index (χ2n) is 7.53. The maximum absolute atomic E-state index is 12.8. The lowest BCUT2D eigenvalue weighted by atomic mass is 10.0. The molecule has 0 aliphatic heterocycles. The van der Waals surface area contributed by atoms with Gasteiger partial charge in [-0.3, -0.25) is 14.4 Å². The Labute approximate surface area is 190 Å². The molecule has 3 aromatic rings. The van der Waals surface area contributed by atoms with E-state index in [2.05, 4.69) is 10.1 Å². The van der Waals surface area contributed by atoms with Gasteiger partial charge in [0.05, 0.1) is 12.2 Å². The van der Waals surface area contributed by atoms with Gasteiger partial charge in [-0.05, 0) is 51.5 Å². The molecule has 3 rings (SSSR count). The number of aromatic nitrogens is 3. The molecule has 1 N–H and O–H groups in total. The highest BCUT2D eigenvalue weighted by Gasteiger charge is 2.26. The van der Waals surface area contributed by atoms with Gasteiger partial charge in [0.2, 0.25) is 5.78 Å². The Bertz CT molecular complexity index is 1240. The van der Waals surface area contributed by atoms with Crippen LogP contribution in [0.25, 0.3) is 0 Å². The van der Waals surface area contributed by atoms with E-state index in [1.54, 1.807) is 26.0 Å². The number of Topliss-reactive ketones (excluding diaryl/α,β-unsaturated/α-hetero) is 2. The highest BCUT2D eigenvalue weighted by molar-refractivity contribution is 6.05. The van der Waals surface area contributed by atoms with E-state index >= 15 is 0 Å². The summed E-state index contributed by atoms with van der Waals surface area (Å²) in [6.07, 6.45) is -1.13. The fraction of sp³-hybridized carbons (Fsp3) is 0.292. The monoisotopic (exact) mass is 451 g/mol. The van der Waals surface area contributed by atoms with E-state index in [-0.39, 0.29) is 30.3 Å². The Balaban J connectivity index is 1.68. The third-order valence-corrected chi connectivity index (χ3v) is 5.08. The Morgan fingerprint density at radius 1 is 1.09 bits per heavy atom. The van der Waals surface area contributed by atoms with Gasteiger partial charge < -0.3 is 14.5 Å². The number of hydrogen-bond donors (Lipinski definition) is 1. The lowest BCUT2D eigenvalue weighted by Gasteiger charge is -2.13. The Kier molecular flexibility index (Phi) is 7.22. The number of ether oxygens (including phenoxy) is 2. The maximum atomic E-state index is 12.8. The zero-order valence-electron chi connectivity index (χ0n) is 18.9. The smallest absolute Gasteiger partial charge is 0.359 e. The molecule has 0 amide bonds. The highest BCUT2D eigenvalue weighted by atomic mass is 16.5. The first-order valence-corrected chi connectivity index (χ1v) is 10.4. The van der Waals surface area contributed by atoms with Crippen LogP contribution in [0.4, 0.5) is 0 Å². The van der Waals surface area contributed by atoms with Crippen molar-refractivity contribution in [2.24, 2.45) is 0 Å². The van der Waals surface area contributed by atoms with Crippen LogP contribution in [0, 0.1) is 13.8 Å². The van der Waals surface area contributed by atoms with Crippen LogP contribution in [0.3, 0.4) is 0 Å². The van der Waals surface area contributed by atoms with Crippen LogP contribution in [0.5, 0.6) is 5.75 Å². The summed E-state index contributed by atoms with van der Waals surface area (Å²) in [4.78, 5) is 52.2. The topological polar surface area (TPSA) is 120 Å². The van der Waals surface area contributed by atoms with Crippen molar-refractivity contribution in [1.82, 2.24) is 14.8 Å². The van der Waals surface area contributed by atoms with E-state index in [0.29, 0.717) is 22.6 Å². The Hall–Kier alpha value is -4.01. The zero-order valence-corrected chi connectivity index (χ0v) is 18.9. The van der Waals surface area contributed by atoms with Gasteiger partial charge in [-0.25, -0.2) is 9.48 Å². The molecule has 0 saturated carbocycles. The van der Waals surface area contributed by atoms with Crippen LogP contribution in [0.1, 0.15) is 56.4 Å². The molecule has 172 valence electrons. The number of carbonyl (C=O) groups is 3. The van der Waals surface area contributed by atoms with E-state index < -0.39 is 23.4 Å². The fourth-order valence-electron chi connectivity index (χ4n) is 3.49. The molecule has 0 aliphatic rings. The van der Waals surface area contributed by atoms with Crippen LogP contribution in [-0.2, 0) is 11.3 Å². The minimum absolute atomic E-state index is 0.113. The molecule has 1 atom stereocenters. The molecule has 1 unspecified atom stereocenters. The molecule has 9 heteroatoms. The quantitative estimate of drug-likeness (QED) is 0.392. The second kappa shape index (κ2) is 10.1. The molecular weight excluding hydrogens is 426 g/mol. The van der Waals surface area contributed by atoms with Crippen molar-refractivity contribution in [3.63, 3.8) is 0 Å². The zero-order chi connectivity index (χ0) is 24.1. The molecule has 0 bridgehead atoms. The maximum Gasteiger partial charge on any atom is 0.359 e. The first-order valence-electron chi connectivity index (χ1n) is 10.4. The second-order valence-corrected chi connectivity index (χ2v) is 7.53. The number of nitrogens with one attached hydrogen (secondary N) is 1. The van der Waals surface area contributed by atoms with Crippen molar-refractivity contribution < 1.29 is 23.9 Å². The van der Waals surface area contributed by atoms with E-state index in [0.717, 1.165) is 4.68 Å². The largest absolute Gasteiger partial charge is 0.492 e. The van der Waals surface area contributed by atoms with Crippen LogP contribution >= 0.6 is 0 Å². The minimum Gasteiger partial charge on any atom is -0.492 e. The van der Waals surface area contributed by atoms with Crippen LogP contribution < -0.4 is 10.3 Å². The van der Waals surface area contributed by atoms with Gasteiger partial charge in [0.15, 0.2) is 17.6 Å². The van der Waals surface area contributed by atoms with Gasteiger partial charge >= 0.3 is 5.97 Å². The van der Waals surface area contributed by atoms with Crippen molar-refractivity contribution in [1.29, 1.82) is 0 Å². The van der Waals surface area contributed by atoms with Gasteiger partial charge in [0.25, 0.3) is 5.56 Å². The van der Waals surface area contributed by atoms with Gasteiger partial charge in [0.1, 0.15) is 12.4 Å². The summed E-state index contributed by atoms with van der Waals surface area (Å²) in [5, 5.41) is 4.03. The van der Waals surface area contributed by atoms with Crippen LogP contribution in [-0.4, -0.2) is 45.0 Å². The Morgan fingerprint density at radius 3 is 2.42 bits per heavy atom. The van der Waals surface area contributed by atoms with Gasteiger partial charge in [-0.15, -0.1) is 0 Å². The van der Waals surface area contributed by atoms with Crippen LogP contribution in [0.2, 0.25) is 0 Å². The molecule has 33 heavy (non-hydrogen) atoms. The first-order chi connectivity index (χ1) is 15.7. The SMILES string of the molecule is CC(=O)c1c(C)[nH]c(C(=O)C(C)OC(=O)c2ccc(=O)n(CCOc3ccccc3)n2)c1C. The van der Waals surface area contributed by atoms with Gasteiger partial charge in [-0.2, -0.15) is 5.10 Å². The van der Waals surface area contributed by atoms with Crippen molar-refractivity contribution in [2.45, 2.75) is 40.3 Å². The van der Waals surface area contributed by atoms with E-state index in [9.17, 15) is 19.2 Å². The number of ketones is 2. The predicted molar refractivity (Wildman–Crippen MR) is 120 cm³/mol. The molecule has 1 aromatic carbocycles. The summed E-state index contributed by atoms with van der Waals surface area (Å²) in [6.45, 7) is 6.52. The van der Waals surface area contributed by atoms with E-state index in [4.69, 9.17) is 9.47 Å². The molecule has 9 nitrogen and oxygen atoms in total. The summed E-state index contributed by atoms with van der Waals surface area (Å²) in [6, 6.07) is 11.5. The molecule has 0 saturated heterocycles. The minimum atomic E-state index is -1.13. The normalized spacial score (nSPS) is 11.6. The third kappa shape index (κ3) is 5.43. The Morgan fingerprint density at radius 2 is 1.79 bits per heavy atom. The summed E-state index contributed by atoms with van der Waals surface area (Å²) in [5.74, 6) is -0.828. The number of nitrogens with zero attached hydrogens (tertiary/aromatic N) is 2. The number of H-pyrrole nitrogens is 1. The standard InChI is InChI=1S/C24H25N3O6/c1-14-21(16(3)28)15(2)25-22(14)23(30)17(4)33-24(31)19-10-11-20(29)27(26-19)12-13-32-18-8-6-5-7-9-18/h5-11,17,25H,12-13H2,1-4H3. The average molecular weight is 451 g/mol. The van der Waals surface area contributed by atoms with Gasteiger partial charge in [0, 0.05) is 17.3 Å². The lowest BCUT2D eigenvalue weighted by Crippen LogP contribution is -2.29. The lowest BCUT2D eigenvalue weighted by molar-refractivity contribution is 0.0308. The number of aromatic amines is 1. The van der Waals surface area contributed by atoms with Crippen molar-refractivity contribution in [3.05, 3.63) is 81.0 Å². The summed E-state index contributed by atoms with van der Waals surface area (Å²) >= 11 is 0. The number of rotatable bonds is 9. The third-order valence-electron chi connectivity index (χ3n) is 5.08. The summed E-state index contributed by atoms with van der Waals surface area (Å²) < 4.78 is 11.9. The number of esters is 1. The average Bonchev–Trinajstić information content (AvgIpc) is 3.09. The number of aryl methyl sites for hydroxylation is 1. The highest BCUT2D eigenvalue weighted by Crippen LogP contribution is 2.20. The number of carbonyl (C=O) groups excluding carboxylic acids is 3. The molecule has 2 heterocycles. The van der Waals surface area contributed by atoms with Crippen molar-refractivity contribution >= 4 is 17.5 Å². The molecule has 0 aliphatic carbocycles. The van der Waals surface area contributed by atoms with Gasteiger partial charge in [-0.1, -0.05) is 18.2 Å². The predicted octanol–water partition coefficient (Wildman–Crippen LogP) is 2.90. The van der Waals surface area contributed by atoms with Crippen LogP contribution in [0.15, 0.2) is 47.3 Å². The molecule has 0 fully saturated rings. The van der Waals surface area contributed by atoms with Crippen molar-refractivity contribution in [3.8, 4) is 5.75 Å². The molecule has 0 radical (unpaired) electrons. The number of hydrogen-bond acceptors (Lipinski definition) is 7. The molecule has 2 aromatic heterocycles. The summed E-state index contributed by atoms with van der Waals surface area (Å²) in [7, 11) is 0. The molecular formula is C24H25N3O6. The van der Waals surface area contributed by atoms with E-state index in [1.807, 2.05) is 18.2 Å². The summed E-state index contributed by atoms with van der Waals surface area (Å²) in [5.41, 5.74) is 1.24. The first kappa shape index (κ1) is 23.6. The molecule has 0 spiro atoms. The fourth-order valence-corrected chi connectivity index (χ4v) is 3.49. The number of para-hydroxylation sites is 1.